The first kappa shape index (κ1) is 9.11. The number of rotatable bonds is 3. The molecule has 1 heterocycles. The van der Waals surface area contributed by atoms with E-state index in [2.05, 4.69) is 25.8 Å². The number of hydrogen-bond donors (Lipinski definition) is 0. The molecule has 0 saturated carbocycles. The Hall–Kier alpha value is 0.0200. The molecule has 0 N–H and O–H groups in total. The average Bonchev–Trinajstić information content (AvgIpc) is 2.34. The molecule has 0 spiro atoms. The molecule has 0 amide bonds. The van der Waals surface area contributed by atoms with E-state index in [-0.39, 0.29) is 0 Å². The van der Waals surface area contributed by atoms with Crippen LogP contribution in [0.5, 0.6) is 0 Å². The van der Waals surface area contributed by atoms with Crippen LogP contribution in [0.25, 0.3) is 0 Å². The van der Waals surface area contributed by atoms with Crippen LogP contribution in [-0.2, 0) is 0 Å². The minimum Gasteiger partial charge on any atom is -0.279 e. The summed E-state index contributed by atoms with van der Waals surface area (Å²) >= 11 is 1.94. The zero-order valence-corrected chi connectivity index (χ0v) is 8.45. The normalized spacial score (nSPS) is 24.4. The van der Waals surface area contributed by atoms with Crippen molar-refractivity contribution in [3.05, 3.63) is 0 Å². The van der Waals surface area contributed by atoms with Crippen LogP contribution in [0.15, 0.2) is 4.99 Å². The van der Waals surface area contributed by atoms with Gasteiger partial charge in [-0.15, -0.1) is 11.8 Å². The van der Waals surface area contributed by atoms with E-state index in [4.69, 9.17) is 0 Å². The molecule has 2 heteroatoms. The molecule has 0 fully saturated rings. The van der Waals surface area contributed by atoms with Gasteiger partial charge in [-0.2, -0.15) is 0 Å². The van der Waals surface area contributed by atoms with Gasteiger partial charge in [0.15, 0.2) is 0 Å². The molecule has 1 atom stereocenters. The van der Waals surface area contributed by atoms with Crippen molar-refractivity contribution in [3.8, 4) is 0 Å². The van der Waals surface area contributed by atoms with E-state index >= 15 is 0 Å². The minimum absolute atomic E-state index is 0.620. The summed E-state index contributed by atoms with van der Waals surface area (Å²) in [5.41, 5.74) is 0. The van der Waals surface area contributed by atoms with Gasteiger partial charge < -0.3 is 0 Å². The fourth-order valence-electron chi connectivity index (χ4n) is 1.33. The van der Waals surface area contributed by atoms with E-state index in [0.717, 1.165) is 12.3 Å². The molecule has 0 saturated heterocycles. The molecule has 0 aromatic rings. The Morgan fingerprint density at radius 2 is 2.36 bits per heavy atom. The molecular weight excluding hydrogens is 154 g/mol. The molecule has 0 bridgehead atoms. The van der Waals surface area contributed by atoms with Crippen LogP contribution in [0, 0.1) is 5.92 Å². The van der Waals surface area contributed by atoms with E-state index in [1.54, 1.807) is 0 Å². The van der Waals surface area contributed by atoms with Crippen LogP contribution in [0.3, 0.4) is 0 Å². The highest BCUT2D eigenvalue weighted by Crippen LogP contribution is 2.24. The molecule has 11 heavy (non-hydrogen) atoms. The molecule has 1 rings (SSSR count). The lowest BCUT2D eigenvalue weighted by Gasteiger charge is -2.07. The van der Waals surface area contributed by atoms with Crippen molar-refractivity contribution in [1.82, 2.24) is 0 Å². The monoisotopic (exact) mass is 171 g/mol. The van der Waals surface area contributed by atoms with E-state index in [1.165, 1.54) is 17.2 Å². The number of thioether (sulfide) groups is 1. The van der Waals surface area contributed by atoms with Gasteiger partial charge in [0.05, 0.1) is 11.1 Å². The molecule has 64 valence electrons. The topological polar surface area (TPSA) is 12.4 Å². The largest absolute Gasteiger partial charge is 0.279 e. The third-order valence-electron chi connectivity index (χ3n) is 1.81. The number of hydrogen-bond acceptors (Lipinski definition) is 2. The van der Waals surface area contributed by atoms with Crippen LogP contribution >= 0.6 is 11.8 Å². The molecule has 0 radical (unpaired) electrons. The maximum atomic E-state index is 4.63. The Morgan fingerprint density at radius 1 is 1.64 bits per heavy atom. The molecular formula is C9H17NS. The Morgan fingerprint density at radius 3 is 2.82 bits per heavy atom. The molecule has 0 aromatic heterocycles. The maximum absolute atomic E-state index is 4.63. The van der Waals surface area contributed by atoms with Crippen LogP contribution in [0.2, 0.25) is 0 Å². The van der Waals surface area contributed by atoms with Crippen LogP contribution in [0.1, 0.15) is 33.6 Å². The zero-order chi connectivity index (χ0) is 8.27. The predicted octanol–water partition coefficient (Wildman–Crippen LogP) is 2.96. The summed E-state index contributed by atoms with van der Waals surface area (Å²) in [7, 11) is 0. The van der Waals surface area contributed by atoms with Crippen molar-refractivity contribution >= 4 is 16.8 Å². The Labute approximate surface area is 73.7 Å². The first-order valence-corrected chi connectivity index (χ1v) is 5.40. The standard InChI is InChI=1S/C9H17NS/c1-4-9-10-8(6-11-9)5-7(2)3/h7-8H,4-6H2,1-3H3/t8-/m0/s1. The summed E-state index contributed by atoms with van der Waals surface area (Å²) < 4.78 is 0. The molecule has 1 nitrogen and oxygen atoms in total. The quantitative estimate of drug-likeness (QED) is 0.636. The maximum Gasteiger partial charge on any atom is 0.0677 e. The first-order valence-electron chi connectivity index (χ1n) is 4.41. The van der Waals surface area contributed by atoms with Gasteiger partial charge in [-0.1, -0.05) is 20.8 Å². The van der Waals surface area contributed by atoms with Gasteiger partial charge in [-0.3, -0.25) is 4.99 Å². The SMILES string of the molecule is CCC1=N[C@@H](CC(C)C)CS1. The summed E-state index contributed by atoms with van der Waals surface area (Å²) in [5, 5.41) is 1.36. The first-order chi connectivity index (χ1) is 5.22. The van der Waals surface area contributed by atoms with Crippen molar-refractivity contribution < 1.29 is 0 Å². The molecule has 0 unspecified atom stereocenters. The average molecular weight is 171 g/mol. The smallest absolute Gasteiger partial charge is 0.0677 e. The van der Waals surface area contributed by atoms with Gasteiger partial charge in [0.1, 0.15) is 0 Å². The van der Waals surface area contributed by atoms with Crippen LogP contribution < -0.4 is 0 Å². The lowest BCUT2D eigenvalue weighted by Crippen LogP contribution is -2.07. The summed E-state index contributed by atoms with van der Waals surface area (Å²) in [6.45, 7) is 6.72. The number of nitrogens with zero attached hydrogens (tertiary/aromatic N) is 1. The minimum atomic E-state index is 0.620. The Balaban J connectivity index is 2.34. The Kier molecular flexibility index (Phi) is 3.44. The third kappa shape index (κ3) is 2.86. The fourth-order valence-corrected chi connectivity index (χ4v) is 2.35. The van der Waals surface area contributed by atoms with Gasteiger partial charge in [-0.05, 0) is 18.8 Å². The van der Waals surface area contributed by atoms with Crippen molar-refractivity contribution in [2.75, 3.05) is 5.75 Å². The second-order valence-corrected chi connectivity index (χ2v) is 4.56. The second kappa shape index (κ2) is 4.15. The van der Waals surface area contributed by atoms with Gasteiger partial charge in [-0.25, -0.2) is 0 Å². The van der Waals surface area contributed by atoms with Crippen molar-refractivity contribution in [3.63, 3.8) is 0 Å². The van der Waals surface area contributed by atoms with Gasteiger partial charge in [0.2, 0.25) is 0 Å². The second-order valence-electron chi connectivity index (χ2n) is 3.47. The van der Waals surface area contributed by atoms with Crippen molar-refractivity contribution in [2.45, 2.75) is 39.7 Å². The highest BCUT2D eigenvalue weighted by molar-refractivity contribution is 8.14. The van der Waals surface area contributed by atoms with Crippen molar-refractivity contribution in [1.29, 1.82) is 0 Å². The third-order valence-corrected chi connectivity index (χ3v) is 3.09. The summed E-state index contributed by atoms with van der Waals surface area (Å²) in [6, 6.07) is 0.620. The van der Waals surface area contributed by atoms with Crippen LogP contribution in [-0.4, -0.2) is 16.8 Å². The molecule has 0 aromatic carbocycles. The summed E-state index contributed by atoms with van der Waals surface area (Å²) in [6.07, 6.45) is 2.38. The van der Waals surface area contributed by atoms with Crippen LogP contribution in [0.4, 0.5) is 0 Å². The van der Waals surface area contributed by atoms with Crippen molar-refractivity contribution in [2.24, 2.45) is 10.9 Å². The lowest BCUT2D eigenvalue weighted by molar-refractivity contribution is 0.529. The van der Waals surface area contributed by atoms with E-state index < -0.39 is 0 Å². The van der Waals surface area contributed by atoms with Gasteiger partial charge in [0.25, 0.3) is 0 Å². The Bertz CT molecular complexity index is 152. The lowest BCUT2D eigenvalue weighted by atomic mass is 10.1. The summed E-state index contributed by atoms with van der Waals surface area (Å²) in [5.74, 6) is 2.02. The van der Waals surface area contributed by atoms with E-state index in [9.17, 15) is 0 Å². The van der Waals surface area contributed by atoms with Gasteiger partial charge in [0, 0.05) is 5.75 Å². The highest BCUT2D eigenvalue weighted by Gasteiger charge is 2.17. The summed E-state index contributed by atoms with van der Waals surface area (Å²) in [4.78, 5) is 4.63. The molecule has 1 aliphatic heterocycles. The number of aliphatic imine (C=N–C) groups is 1. The predicted molar refractivity (Wildman–Crippen MR) is 53.4 cm³/mol. The highest BCUT2D eigenvalue weighted by atomic mass is 32.2. The van der Waals surface area contributed by atoms with Gasteiger partial charge >= 0.3 is 0 Å². The molecule has 0 aliphatic carbocycles. The van der Waals surface area contributed by atoms with E-state index in [0.29, 0.717) is 6.04 Å². The molecule has 1 aliphatic rings. The zero-order valence-electron chi connectivity index (χ0n) is 7.63. The van der Waals surface area contributed by atoms with E-state index in [1.807, 2.05) is 11.8 Å². The fraction of sp³-hybridized carbons (Fsp3) is 0.889.